The van der Waals surface area contributed by atoms with Crippen LogP contribution in [0.5, 0.6) is 0 Å². The topological polar surface area (TPSA) is 39.4 Å². The first-order valence-corrected chi connectivity index (χ1v) is 2.97. The highest BCUT2D eigenvalue weighted by atomic mass is 16.2. The number of carbonyl (C=O) groups is 1. The summed E-state index contributed by atoms with van der Waals surface area (Å²) in [5.74, 6) is 0. The number of aromatic nitrogens is 2. The van der Waals surface area contributed by atoms with Crippen LogP contribution in [0.15, 0.2) is 18.7 Å². The maximum atomic E-state index is 11.1. The van der Waals surface area contributed by atoms with Crippen LogP contribution >= 0.6 is 0 Å². The zero-order chi connectivity index (χ0) is 7.56. The number of nitrogens with one attached hydrogen (secondary N) is 1. The Morgan fingerprint density at radius 2 is 2.30 bits per heavy atom. The summed E-state index contributed by atoms with van der Waals surface area (Å²) in [6.45, 7) is 0. The fraction of sp³-hybridized carbons (Fsp3) is 0.333. The maximum Gasteiger partial charge on any atom is 0.415 e. The molecule has 0 aliphatic rings. The highest BCUT2D eigenvalue weighted by Crippen LogP contribution is 1.86. The second-order valence-electron chi connectivity index (χ2n) is 2.20. The van der Waals surface area contributed by atoms with Gasteiger partial charge in [-0.1, -0.05) is 0 Å². The fourth-order valence-corrected chi connectivity index (χ4v) is 0.640. The fourth-order valence-electron chi connectivity index (χ4n) is 0.640. The van der Waals surface area contributed by atoms with Crippen molar-refractivity contribution in [3.63, 3.8) is 0 Å². The van der Waals surface area contributed by atoms with Gasteiger partial charge in [-0.15, -0.1) is 0 Å². The molecule has 1 aromatic heterocycles. The first-order valence-electron chi connectivity index (χ1n) is 2.97. The molecule has 0 fully saturated rings. The number of nitrogens with zero attached hydrogens (tertiary/aromatic N) is 2. The van der Waals surface area contributed by atoms with Crippen LogP contribution in [0.2, 0.25) is 0 Å². The van der Waals surface area contributed by atoms with Crippen molar-refractivity contribution >= 4 is 6.03 Å². The summed E-state index contributed by atoms with van der Waals surface area (Å²) in [7, 11) is 3.42. The van der Waals surface area contributed by atoms with Crippen molar-refractivity contribution in [1.29, 1.82) is 0 Å². The first-order chi connectivity index (χ1) is 4.72. The van der Waals surface area contributed by atoms with Gasteiger partial charge in [-0.2, -0.15) is 4.57 Å². The molecule has 0 aromatic carbocycles. The molecule has 1 amide bonds. The smallest absolute Gasteiger partial charge is 0.310 e. The highest BCUT2D eigenvalue weighted by molar-refractivity contribution is 5.75. The molecule has 0 spiro atoms. The van der Waals surface area contributed by atoms with Crippen molar-refractivity contribution in [2.24, 2.45) is 0 Å². The molecule has 0 saturated heterocycles. The normalized spacial score (nSPS) is 9.40. The lowest BCUT2D eigenvalue weighted by atomic mass is 10.8. The molecule has 1 rings (SSSR count). The van der Waals surface area contributed by atoms with Gasteiger partial charge in [0.25, 0.3) is 6.33 Å². The van der Waals surface area contributed by atoms with Gasteiger partial charge in [0.2, 0.25) is 0 Å². The summed E-state index contributed by atoms with van der Waals surface area (Å²) in [6, 6.07) is -0.0544. The lowest BCUT2D eigenvalue weighted by molar-refractivity contribution is -0.376. The Kier molecular flexibility index (Phi) is 1.71. The molecule has 0 aliphatic heterocycles. The van der Waals surface area contributed by atoms with Crippen molar-refractivity contribution in [3.8, 4) is 0 Å². The second-order valence-corrected chi connectivity index (χ2v) is 2.20. The summed E-state index contributed by atoms with van der Waals surface area (Å²) in [5, 5.41) is 0. The highest BCUT2D eigenvalue weighted by Gasteiger charge is 2.10. The van der Waals surface area contributed by atoms with E-state index in [2.05, 4.69) is 4.98 Å². The van der Waals surface area contributed by atoms with E-state index >= 15 is 0 Å². The third-order valence-corrected chi connectivity index (χ3v) is 1.15. The largest absolute Gasteiger partial charge is 0.415 e. The van der Waals surface area contributed by atoms with Crippen LogP contribution in [0.4, 0.5) is 4.79 Å². The van der Waals surface area contributed by atoms with Gasteiger partial charge in [-0.05, 0) is 0 Å². The average Bonchev–Trinajstić information content (AvgIpc) is 2.36. The minimum atomic E-state index is -0.0544. The van der Waals surface area contributed by atoms with Crippen LogP contribution < -0.4 is 4.98 Å². The van der Waals surface area contributed by atoms with Gasteiger partial charge in [0.1, 0.15) is 12.4 Å². The van der Waals surface area contributed by atoms with E-state index in [1.807, 2.05) is 0 Å². The Morgan fingerprint density at radius 1 is 1.60 bits per heavy atom. The quantitative estimate of drug-likeness (QED) is 0.493. The van der Waals surface area contributed by atoms with Gasteiger partial charge in [0.05, 0.1) is 0 Å². The molecular weight excluding hydrogens is 130 g/mol. The van der Waals surface area contributed by atoms with Crippen LogP contribution in [0, 0.1) is 0 Å². The predicted octanol–water partition coefficient (Wildman–Crippen LogP) is -0.168. The van der Waals surface area contributed by atoms with Crippen molar-refractivity contribution in [1.82, 2.24) is 9.47 Å². The molecule has 0 saturated carbocycles. The van der Waals surface area contributed by atoms with Gasteiger partial charge in [-0.3, -0.25) is 0 Å². The summed E-state index contributed by atoms with van der Waals surface area (Å²) in [4.78, 5) is 15.4. The molecule has 4 heteroatoms. The van der Waals surface area contributed by atoms with Gasteiger partial charge in [0.15, 0.2) is 0 Å². The number of rotatable bonds is 0. The molecule has 1 N–H and O–H groups in total. The summed E-state index contributed by atoms with van der Waals surface area (Å²) in [6.07, 6.45) is 4.96. The zero-order valence-corrected chi connectivity index (χ0v) is 6.03. The number of H-pyrrole nitrogens is 1. The van der Waals surface area contributed by atoms with Crippen LogP contribution in [0.1, 0.15) is 0 Å². The molecule has 1 heterocycles. The van der Waals surface area contributed by atoms with E-state index in [0.717, 1.165) is 0 Å². The molecule has 4 nitrogen and oxygen atoms in total. The van der Waals surface area contributed by atoms with E-state index in [0.29, 0.717) is 0 Å². The number of carbonyl (C=O) groups excluding carboxylic acids is 1. The summed E-state index contributed by atoms with van der Waals surface area (Å²) < 4.78 is 1.47. The van der Waals surface area contributed by atoms with E-state index < -0.39 is 0 Å². The third-order valence-electron chi connectivity index (χ3n) is 1.15. The average molecular weight is 140 g/mol. The minimum Gasteiger partial charge on any atom is -0.310 e. The Balaban J connectivity index is 2.78. The number of amides is 1. The number of hydrogen-bond donors (Lipinski definition) is 0. The Morgan fingerprint density at radius 3 is 2.70 bits per heavy atom. The van der Waals surface area contributed by atoms with E-state index in [1.54, 1.807) is 32.8 Å². The molecule has 1 aromatic rings. The second kappa shape index (κ2) is 2.51. The van der Waals surface area contributed by atoms with Crippen LogP contribution in [-0.4, -0.2) is 29.6 Å². The lowest BCUT2D eigenvalue weighted by Crippen LogP contribution is -2.26. The summed E-state index contributed by atoms with van der Waals surface area (Å²) in [5.41, 5.74) is 0. The minimum absolute atomic E-state index is 0.0544. The lowest BCUT2D eigenvalue weighted by Gasteiger charge is -2.03. The molecule has 0 unspecified atom stereocenters. The van der Waals surface area contributed by atoms with E-state index in [4.69, 9.17) is 0 Å². The van der Waals surface area contributed by atoms with E-state index in [-0.39, 0.29) is 6.03 Å². The van der Waals surface area contributed by atoms with E-state index in [1.165, 1.54) is 9.47 Å². The molecule has 54 valence electrons. The Labute approximate surface area is 59.1 Å². The van der Waals surface area contributed by atoms with Gasteiger partial charge in [0, 0.05) is 14.1 Å². The zero-order valence-electron chi connectivity index (χ0n) is 6.03. The SMILES string of the molecule is CN(C)C(=O)n1cc[nH+]c1. The predicted molar refractivity (Wildman–Crippen MR) is 35.5 cm³/mol. The van der Waals surface area contributed by atoms with Gasteiger partial charge < -0.3 is 4.90 Å². The molecule has 0 aliphatic carbocycles. The Bertz CT molecular complexity index is 215. The third kappa shape index (κ3) is 1.15. The molecule has 10 heavy (non-hydrogen) atoms. The molecule has 0 bridgehead atoms. The number of hydrogen-bond acceptors (Lipinski definition) is 1. The van der Waals surface area contributed by atoms with Crippen molar-refractivity contribution in [2.75, 3.05) is 14.1 Å². The molecule has 0 radical (unpaired) electrons. The number of imidazole rings is 1. The standard InChI is InChI=1S/C6H9N3O/c1-8(2)6(10)9-4-3-7-5-9/h3-5H,1-2H3/p+1. The van der Waals surface area contributed by atoms with E-state index in [9.17, 15) is 4.79 Å². The van der Waals surface area contributed by atoms with Crippen LogP contribution in [0.3, 0.4) is 0 Å². The summed E-state index contributed by atoms with van der Waals surface area (Å²) >= 11 is 0. The Hall–Kier alpha value is -1.32. The first kappa shape index (κ1) is 6.80. The van der Waals surface area contributed by atoms with Crippen molar-refractivity contribution in [3.05, 3.63) is 18.7 Å². The number of aromatic amines is 1. The molecular formula is C6H10N3O+. The molecule has 0 atom stereocenters. The van der Waals surface area contributed by atoms with Crippen molar-refractivity contribution < 1.29 is 9.78 Å². The maximum absolute atomic E-state index is 11.1. The van der Waals surface area contributed by atoms with Crippen LogP contribution in [-0.2, 0) is 0 Å². The van der Waals surface area contributed by atoms with Gasteiger partial charge in [-0.25, -0.2) is 9.78 Å². The monoisotopic (exact) mass is 140 g/mol. The van der Waals surface area contributed by atoms with Gasteiger partial charge >= 0.3 is 6.03 Å². The van der Waals surface area contributed by atoms with Crippen LogP contribution in [0.25, 0.3) is 0 Å². The van der Waals surface area contributed by atoms with Crippen molar-refractivity contribution in [2.45, 2.75) is 0 Å².